The van der Waals surface area contributed by atoms with Gasteiger partial charge in [0.1, 0.15) is 5.41 Å². The highest BCUT2D eigenvalue weighted by atomic mass is 19.4. The fraction of sp³-hybridized carbons (Fsp3) is 0.462. The molecule has 5 heteroatoms. The molecule has 0 aromatic heterocycles. The number of nitrogens with one attached hydrogen (secondary N) is 1. The summed E-state index contributed by atoms with van der Waals surface area (Å²) in [5, 5.41) is 2.64. The minimum Gasteiger partial charge on any atom is -0.315 e. The summed E-state index contributed by atoms with van der Waals surface area (Å²) in [6.45, 7) is 1.71. The van der Waals surface area contributed by atoms with Gasteiger partial charge in [-0.25, -0.2) is 0 Å². The molecule has 0 spiro atoms. The van der Waals surface area contributed by atoms with E-state index in [0.29, 0.717) is 0 Å². The van der Waals surface area contributed by atoms with Gasteiger partial charge in [0.05, 0.1) is 0 Å². The van der Waals surface area contributed by atoms with Crippen molar-refractivity contribution in [3.8, 4) is 0 Å². The maximum absolute atomic E-state index is 13.2. The van der Waals surface area contributed by atoms with Crippen molar-refractivity contribution in [3.63, 3.8) is 0 Å². The molecule has 1 fully saturated rings. The molecule has 0 amide bonds. The van der Waals surface area contributed by atoms with Crippen LogP contribution in [-0.4, -0.2) is 25.0 Å². The molecule has 2 rings (SSSR count). The summed E-state index contributed by atoms with van der Waals surface area (Å²) in [7, 11) is 0. The van der Waals surface area contributed by atoms with Crippen molar-refractivity contribution < 1.29 is 18.0 Å². The first-order valence-electron chi connectivity index (χ1n) is 5.76. The van der Waals surface area contributed by atoms with E-state index < -0.39 is 17.4 Å². The predicted molar refractivity (Wildman–Crippen MR) is 61.5 cm³/mol. The van der Waals surface area contributed by atoms with E-state index in [1.807, 2.05) is 6.92 Å². The second-order valence-corrected chi connectivity index (χ2v) is 4.70. The maximum atomic E-state index is 13.2. The maximum Gasteiger partial charge on any atom is 0.402 e. The Balaban J connectivity index is 2.38. The Morgan fingerprint density at radius 3 is 2.33 bits per heavy atom. The van der Waals surface area contributed by atoms with Gasteiger partial charge in [0, 0.05) is 12.1 Å². The normalized spacial score (nSPS) is 24.2. The Labute approximate surface area is 103 Å². The van der Waals surface area contributed by atoms with Crippen molar-refractivity contribution in [2.75, 3.05) is 13.1 Å². The van der Waals surface area contributed by atoms with E-state index in [9.17, 15) is 18.0 Å². The van der Waals surface area contributed by atoms with Crippen LogP contribution in [0, 0.1) is 12.3 Å². The average Bonchev–Trinajstić information content (AvgIpc) is 2.78. The molecule has 1 saturated heterocycles. The van der Waals surface area contributed by atoms with E-state index in [0.717, 1.165) is 5.56 Å². The molecule has 1 aromatic carbocycles. The predicted octanol–water partition coefficient (Wildman–Crippen LogP) is 2.72. The van der Waals surface area contributed by atoms with E-state index in [-0.39, 0.29) is 25.1 Å². The van der Waals surface area contributed by atoms with Gasteiger partial charge in [-0.1, -0.05) is 29.8 Å². The first kappa shape index (κ1) is 13.1. The summed E-state index contributed by atoms with van der Waals surface area (Å²) in [6.07, 6.45) is -4.71. The molecule has 1 heterocycles. The molecule has 1 atom stereocenters. The number of halogens is 3. The quantitative estimate of drug-likeness (QED) is 0.825. The number of carbonyl (C=O) groups excluding carboxylic acids is 1. The first-order valence-corrected chi connectivity index (χ1v) is 5.76. The molecule has 1 unspecified atom stereocenters. The molecule has 0 bridgehead atoms. The highest BCUT2D eigenvalue weighted by Gasteiger charge is 2.61. The van der Waals surface area contributed by atoms with Crippen LogP contribution in [0.1, 0.15) is 22.3 Å². The molecule has 1 aliphatic heterocycles. The topological polar surface area (TPSA) is 29.1 Å². The summed E-state index contributed by atoms with van der Waals surface area (Å²) in [6, 6.07) is 6.23. The van der Waals surface area contributed by atoms with Gasteiger partial charge in [-0.15, -0.1) is 0 Å². The SMILES string of the molecule is Cc1ccc(C(=O)C2(C(F)(F)F)CCNC2)cc1. The first-order chi connectivity index (χ1) is 8.37. The minimum atomic E-state index is -4.52. The zero-order valence-electron chi connectivity index (χ0n) is 9.97. The van der Waals surface area contributed by atoms with E-state index >= 15 is 0 Å². The third kappa shape index (κ3) is 2.03. The summed E-state index contributed by atoms with van der Waals surface area (Å²) >= 11 is 0. The Kier molecular flexibility index (Phi) is 3.19. The van der Waals surface area contributed by atoms with Gasteiger partial charge >= 0.3 is 6.18 Å². The van der Waals surface area contributed by atoms with Crippen LogP contribution in [0.25, 0.3) is 0 Å². The van der Waals surface area contributed by atoms with Gasteiger partial charge in [-0.3, -0.25) is 4.79 Å². The zero-order valence-corrected chi connectivity index (χ0v) is 9.97. The number of rotatable bonds is 2. The molecule has 0 saturated carbocycles. The molecule has 0 radical (unpaired) electrons. The van der Waals surface area contributed by atoms with Gasteiger partial charge in [0.2, 0.25) is 0 Å². The standard InChI is InChI=1S/C13H14F3NO/c1-9-2-4-10(5-3-9)11(18)12(13(14,15)16)6-7-17-8-12/h2-5,17H,6-8H2,1H3. The van der Waals surface area contributed by atoms with Crippen molar-refractivity contribution in [1.29, 1.82) is 0 Å². The number of carbonyl (C=O) groups is 1. The Hall–Kier alpha value is -1.36. The van der Waals surface area contributed by atoms with Crippen LogP contribution in [0.4, 0.5) is 13.2 Å². The number of Topliss-reactive ketones (excluding diaryl/α,β-unsaturated/α-hetero) is 1. The lowest BCUT2D eigenvalue weighted by molar-refractivity contribution is -0.197. The highest BCUT2D eigenvalue weighted by molar-refractivity contribution is 6.01. The van der Waals surface area contributed by atoms with Crippen molar-refractivity contribution in [2.24, 2.45) is 5.41 Å². The van der Waals surface area contributed by atoms with Gasteiger partial charge in [0.25, 0.3) is 0 Å². The molecule has 1 N–H and O–H groups in total. The smallest absolute Gasteiger partial charge is 0.315 e. The number of benzene rings is 1. The fourth-order valence-electron chi connectivity index (χ4n) is 2.24. The molecule has 1 aliphatic rings. The summed E-state index contributed by atoms with van der Waals surface area (Å²) < 4.78 is 39.5. The molecular formula is C13H14F3NO. The largest absolute Gasteiger partial charge is 0.402 e. The van der Waals surface area contributed by atoms with Gasteiger partial charge in [-0.2, -0.15) is 13.2 Å². The van der Waals surface area contributed by atoms with Crippen molar-refractivity contribution >= 4 is 5.78 Å². The lowest BCUT2D eigenvalue weighted by Crippen LogP contribution is -2.46. The van der Waals surface area contributed by atoms with E-state index in [4.69, 9.17) is 0 Å². The summed E-state index contributed by atoms with van der Waals surface area (Å²) in [5.74, 6) is -0.833. The third-order valence-electron chi connectivity index (χ3n) is 3.45. The van der Waals surface area contributed by atoms with Gasteiger partial charge < -0.3 is 5.32 Å². The molecule has 1 aromatic rings. The number of hydrogen-bond donors (Lipinski definition) is 1. The highest BCUT2D eigenvalue weighted by Crippen LogP contribution is 2.45. The zero-order chi connectivity index (χ0) is 13.4. The lowest BCUT2D eigenvalue weighted by Gasteiger charge is -2.29. The summed E-state index contributed by atoms with van der Waals surface area (Å²) in [4.78, 5) is 12.2. The number of hydrogen-bond acceptors (Lipinski definition) is 2. The second-order valence-electron chi connectivity index (χ2n) is 4.70. The van der Waals surface area contributed by atoms with Gasteiger partial charge in [0.15, 0.2) is 5.78 Å². The molecule has 98 valence electrons. The Morgan fingerprint density at radius 2 is 1.89 bits per heavy atom. The van der Waals surface area contributed by atoms with E-state index in [2.05, 4.69) is 5.32 Å². The number of ketones is 1. The molecule has 0 aliphatic carbocycles. The molecule has 18 heavy (non-hydrogen) atoms. The number of alkyl halides is 3. The minimum absolute atomic E-state index is 0.127. The van der Waals surface area contributed by atoms with Crippen LogP contribution in [-0.2, 0) is 0 Å². The second kappa shape index (κ2) is 4.39. The van der Waals surface area contributed by atoms with Crippen LogP contribution in [0.15, 0.2) is 24.3 Å². The monoisotopic (exact) mass is 257 g/mol. The van der Waals surface area contributed by atoms with Crippen LogP contribution >= 0.6 is 0 Å². The average molecular weight is 257 g/mol. The van der Waals surface area contributed by atoms with Crippen LogP contribution < -0.4 is 5.32 Å². The van der Waals surface area contributed by atoms with Crippen molar-refractivity contribution in [3.05, 3.63) is 35.4 Å². The van der Waals surface area contributed by atoms with E-state index in [1.165, 1.54) is 12.1 Å². The summed E-state index contributed by atoms with van der Waals surface area (Å²) in [5.41, 5.74) is -1.22. The van der Waals surface area contributed by atoms with Crippen LogP contribution in [0.2, 0.25) is 0 Å². The number of aryl methyl sites for hydroxylation is 1. The lowest BCUT2D eigenvalue weighted by atomic mass is 9.78. The third-order valence-corrected chi connectivity index (χ3v) is 3.45. The van der Waals surface area contributed by atoms with E-state index in [1.54, 1.807) is 12.1 Å². The van der Waals surface area contributed by atoms with Crippen molar-refractivity contribution in [2.45, 2.75) is 19.5 Å². The Morgan fingerprint density at radius 1 is 1.28 bits per heavy atom. The van der Waals surface area contributed by atoms with Gasteiger partial charge in [-0.05, 0) is 19.9 Å². The van der Waals surface area contributed by atoms with Crippen LogP contribution in [0.3, 0.4) is 0 Å². The van der Waals surface area contributed by atoms with Crippen LogP contribution in [0.5, 0.6) is 0 Å². The molecular weight excluding hydrogens is 243 g/mol. The van der Waals surface area contributed by atoms with Crippen molar-refractivity contribution in [1.82, 2.24) is 5.32 Å². The molecule has 2 nitrogen and oxygen atoms in total. The fourth-order valence-corrected chi connectivity index (χ4v) is 2.24. The Bertz CT molecular complexity index is 444.